The smallest absolute Gasteiger partial charge is 0.139 e. The van der Waals surface area contributed by atoms with Crippen LogP contribution in [0.25, 0.3) is 0 Å². The van der Waals surface area contributed by atoms with Gasteiger partial charge in [-0.3, -0.25) is 4.79 Å². The second-order valence-corrected chi connectivity index (χ2v) is 3.83. The van der Waals surface area contributed by atoms with Crippen LogP contribution >= 0.6 is 11.6 Å². The topological polar surface area (TPSA) is 26.3 Å². The Bertz CT molecular complexity index is 366. The van der Waals surface area contributed by atoms with Crippen LogP contribution in [0.5, 0.6) is 0 Å². The first kappa shape index (κ1) is 13.1. The molecule has 1 rings (SSSR count). The number of carbonyl (C=O) groups is 1. The zero-order valence-corrected chi connectivity index (χ0v) is 9.89. The summed E-state index contributed by atoms with van der Waals surface area (Å²) >= 11 is 5.61. The Kier molecular flexibility index (Phi) is 5.43. The molecule has 1 aromatic rings. The molecule has 0 bridgehead atoms. The van der Waals surface area contributed by atoms with E-state index in [1.54, 1.807) is 6.07 Å². The van der Waals surface area contributed by atoms with Gasteiger partial charge in [0.25, 0.3) is 0 Å². The lowest BCUT2D eigenvalue weighted by molar-refractivity contribution is -0.119. The predicted molar refractivity (Wildman–Crippen MR) is 61.2 cm³/mol. The maximum absolute atomic E-state index is 13.3. The van der Waals surface area contributed by atoms with Gasteiger partial charge in [0.1, 0.15) is 11.6 Å². The van der Waals surface area contributed by atoms with Gasteiger partial charge in [-0.05, 0) is 24.6 Å². The van der Waals surface area contributed by atoms with Crippen LogP contribution in [-0.2, 0) is 16.0 Å². The maximum Gasteiger partial charge on any atom is 0.139 e. The van der Waals surface area contributed by atoms with Crippen molar-refractivity contribution in [3.63, 3.8) is 0 Å². The average molecular weight is 245 g/mol. The third-order valence-electron chi connectivity index (χ3n) is 2.13. The number of rotatable bonds is 6. The Hall–Kier alpha value is -0.930. The third kappa shape index (κ3) is 4.29. The third-order valence-corrected chi connectivity index (χ3v) is 2.37. The van der Waals surface area contributed by atoms with Gasteiger partial charge in [-0.25, -0.2) is 4.39 Å². The molecule has 0 fully saturated rings. The molecule has 0 aliphatic rings. The number of carbonyl (C=O) groups excluding carboxylic acids is 1. The molecule has 0 amide bonds. The van der Waals surface area contributed by atoms with Gasteiger partial charge in [0.15, 0.2) is 0 Å². The molecular weight excluding hydrogens is 231 g/mol. The van der Waals surface area contributed by atoms with Gasteiger partial charge in [0.05, 0.1) is 6.61 Å². The van der Waals surface area contributed by atoms with E-state index in [0.717, 1.165) is 0 Å². The Balaban J connectivity index is 2.49. The molecule has 0 radical (unpaired) electrons. The van der Waals surface area contributed by atoms with Crippen LogP contribution in [-0.4, -0.2) is 19.0 Å². The summed E-state index contributed by atoms with van der Waals surface area (Å²) in [7, 11) is 0. The number of hydrogen-bond donors (Lipinski definition) is 0. The fourth-order valence-electron chi connectivity index (χ4n) is 1.30. The van der Waals surface area contributed by atoms with Crippen LogP contribution in [0.1, 0.15) is 18.9 Å². The van der Waals surface area contributed by atoms with E-state index in [-0.39, 0.29) is 12.2 Å². The van der Waals surface area contributed by atoms with Gasteiger partial charge < -0.3 is 4.74 Å². The van der Waals surface area contributed by atoms with Gasteiger partial charge in [0.2, 0.25) is 0 Å². The highest BCUT2D eigenvalue weighted by Gasteiger charge is 2.08. The molecule has 0 saturated heterocycles. The van der Waals surface area contributed by atoms with Crippen molar-refractivity contribution in [2.24, 2.45) is 0 Å². The lowest BCUT2D eigenvalue weighted by atomic mass is 10.1. The van der Waals surface area contributed by atoms with Crippen LogP contribution in [0.4, 0.5) is 4.39 Å². The van der Waals surface area contributed by atoms with Crippen molar-refractivity contribution in [2.45, 2.75) is 19.8 Å². The summed E-state index contributed by atoms with van der Waals surface area (Å²) in [5.74, 6) is -0.466. The molecular formula is C12H14ClFO2. The summed E-state index contributed by atoms with van der Waals surface area (Å²) in [4.78, 5) is 11.4. The van der Waals surface area contributed by atoms with Crippen molar-refractivity contribution >= 4 is 17.4 Å². The first-order valence-electron chi connectivity index (χ1n) is 5.17. The van der Waals surface area contributed by atoms with Gasteiger partial charge in [-0.2, -0.15) is 0 Å². The van der Waals surface area contributed by atoms with E-state index in [1.165, 1.54) is 12.1 Å². The Morgan fingerprint density at radius 3 is 2.88 bits per heavy atom. The predicted octanol–water partition coefficient (Wildman–Crippen LogP) is 3.02. The number of ether oxygens (including phenoxy) is 1. The molecule has 0 aliphatic carbocycles. The first-order chi connectivity index (χ1) is 7.63. The molecule has 16 heavy (non-hydrogen) atoms. The molecule has 0 atom stereocenters. The molecule has 0 saturated carbocycles. The van der Waals surface area contributed by atoms with E-state index < -0.39 is 5.82 Å². The monoisotopic (exact) mass is 244 g/mol. The second kappa shape index (κ2) is 6.61. The highest BCUT2D eigenvalue weighted by molar-refractivity contribution is 6.30. The summed E-state index contributed by atoms with van der Waals surface area (Å²) in [6.07, 6.45) is 0.409. The van der Waals surface area contributed by atoms with E-state index in [1.807, 2.05) is 6.92 Å². The van der Waals surface area contributed by atoms with E-state index in [4.69, 9.17) is 16.3 Å². The molecule has 2 nitrogen and oxygen atoms in total. The van der Waals surface area contributed by atoms with E-state index in [2.05, 4.69) is 0 Å². The van der Waals surface area contributed by atoms with Crippen LogP contribution < -0.4 is 0 Å². The minimum absolute atomic E-state index is 0.0327. The average Bonchev–Trinajstić information content (AvgIpc) is 2.23. The molecule has 4 heteroatoms. The van der Waals surface area contributed by atoms with Crippen molar-refractivity contribution in [3.8, 4) is 0 Å². The zero-order valence-electron chi connectivity index (χ0n) is 9.13. The van der Waals surface area contributed by atoms with Crippen LogP contribution in [0.15, 0.2) is 18.2 Å². The van der Waals surface area contributed by atoms with Crippen LogP contribution in [0.3, 0.4) is 0 Å². The first-order valence-corrected chi connectivity index (χ1v) is 5.54. The zero-order chi connectivity index (χ0) is 12.0. The Morgan fingerprint density at radius 2 is 2.25 bits per heavy atom. The summed E-state index contributed by atoms with van der Waals surface area (Å²) < 4.78 is 18.4. The molecule has 0 spiro atoms. The van der Waals surface area contributed by atoms with E-state index in [9.17, 15) is 9.18 Å². The molecule has 0 aliphatic heterocycles. The number of ketones is 1. The van der Waals surface area contributed by atoms with Gasteiger partial charge >= 0.3 is 0 Å². The highest BCUT2D eigenvalue weighted by Crippen LogP contribution is 2.15. The van der Waals surface area contributed by atoms with Crippen molar-refractivity contribution in [2.75, 3.05) is 13.2 Å². The molecule has 0 N–H and O–H groups in total. The normalized spacial score (nSPS) is 10.4. The SMILES string of the molecule is CCOCCC(=O)Cc1ccc(Cl)cc1F. The Morgan fingerprint density at radius 1 is 1.50 bits per heavy atom. The summed E-state index contributed by atoms with van der Waals surface area (Å²) in [6, 6.07) is 4.33. The molecule has 1 aromatic carbocycles. The fraction of sp³-hybridized carbons (Fsp3) is 0.417. The summed E-state index contributed by atoms with van der Waals surface area (Å²) in [5.41, 5.74) is 0.380. The number of Topliss-reactive ketones (excluding diaryl/α,β-unsaturated/α-hetero) is 1. The van der Waals surface area contributed by atoms with Crippen molar-refractivity contribution in [1.29, 1.82) is 0 Å². The van der Waals surface area contributed by atoms with Crippen molar-refractivity contribution < 1.29 is 13.9 Å². The van der Waals surface area contributed by atoms with E-state index >= 15 is 0 Å². The van der Waals surface area contributed by atoms with Crippen LogP contribution in [0, 0.1) is 5.82 Å². The molecule has 0 unspecified atom stereocenters. The second-order valence-electron chi connectivity index (χ2n) is 3.40. The quantitative estimate of drug-likeness (QED) is 0.719. The van der Waals surface area contributed by atoms with E-state index in [0.29, 0.717) is 30.2 Å². The lowest BCUT2D eigenvalue weighted by Crippen LogP contribution is -2.08. The largest absolute Gasteiger partial charge is 0.381 e. The standard InChI is InChI=1S/C12H14ClFO2/c1-2-16-6-5-11(15)7-9-3-4-10(13)8-12(9)14/h3-4,8H,2,5-7H2,1H3. The number of halogens is 2. The number of benzene rings is 1. The molecule has 0 heterocycles. The minimum atomic E-state index is -0.433. The van der Waals surface area contributed by atoms with Crippen molar-refractivity contribution in [3.05, 3.63) is 34.6 Å². The van der Waals surface area contributed by atoms with Crippen LogP contribution in [0.2, 0.25) is 5.02 Å². The minimum Gasteiger partial charge on any atom is -0.381 e. The maximum atomic E-state index is 13.3. The lowest BCUT2D eigenvalue weighted by Gasteiger charge is -2.03. The molecule has 88 valence electrons. The number of hydrogen-bond acceptors (Lipinski definition) is 2. The van der Waals surface area contributed by atoms with Gasteiger partial charge in [-0.1, -0.05) is 17.7 Å². The highest BCUT2D eigenvalue weighted by atomic mass is 35.5. The van der Waals surface area contributed by atoms with Crippen molar-refractivity contribution in [1.82, 2.24) is 0 Å². The summed E-state index contributed by atoms with van der Waals surface area (Å²) in [5, 5.41) is 0.336. The summed E-state index contributed by atoms with van der Waals surface area (Å²) in [6.45, 7) is 2.84. The van der Waals surface area contributed by atoms with Gasteiger partial charge in [-0.15, -0.1) is 0 Å². The molecule has 0 aromatic heterocycles. The fourth-order valence-corrected chi connectivity index (χ4v) is 1.45. The Labute approximate surface area is 99.4 Å². The van der Waals surface area contributed by atoms with Gasteiger partial charge in [0, 0.05) is 24.5 Å².